The summed E-state index contributed by atoms with van der Waals surface area (Å²) >= 11 is 1.60. The van der Waals surface area contributed by atoms with E-state index in [2.05, 4.69) is 30.4 Å². The van der Waals surface area contributed by atoms with Gasteiger partial charge in [0.15, 0.2) is 5.82 Å². The Morgan fingerprint density at radius 2 is 2.25 bits per heavy atom. The minimum absolute atomic E-state index is 0.0561. The maximum Gasteiger partial charge on any atom is 0.254 e. The van der Waals surface area contributed by atoms with Crippen molar-refractivity contribution < 1.29 is 9.53 Å². The number of ether oxygens (including phenoxy) is 1. The van der Waals surface area contributed by atoms with Crippen LogP contribution in [0.15, 0.2) is 18.6 Å². The van der Waals surface area contributed by atoms with E-state index in [0.29, 0.717) is 12.2 Å². The zero-order valence-corrected chi connectivity index (χ0v) is 14.1. The minimum atomic E-state index is -0.440. The van der Waals surface area contributed by atoms with Crippen molar-refractivity contribution in [3.05, 3.63) is 23.6 Å². The van der Waals surface area contributed by atoms with Crippen LogP contribution >= 0.6 is 11.3 Å². The number of hydrogen-bond acceptors (Lipinski definition) is 8. The van der Waals surface area contributed by atoms with Gasteiger partial charge in [0.05, 0.1) is 18.3 Å². The van der Waals surface area contributed by atoms with E-state index in [1.165, 1.54) is 6.20 Å². The summed E-state index contributed by atoms with van der Waals surface area (Å²) in [5, 5.41) is 13.0. The Morgan fingerprint density at radius 3 is 3.00 bits per heavy atom. The number of fused-ring (bicyclic) bond motifs is 1. The van der Waals surface area contributed by atoms with Crippen molar-refractivity contribution in [1.29, 1.82) is 0 Å². The van der Waals surface area contributed by atoms with Crippen LogP contribution in [0.2, 0.25) is 0 Å². The van der Waals surface area contributed by atoms with Crippen molar-refractivity contribution in [2.45, 2.75) is 44.4 Å². The molecule has 9 heteroatoms. The van der Waals surface area contributed by atoms with E-state index in [1.54, 1.807) is 23.7 Å². The molecule has 0 aromatic carbocycles. The number of hydrogen-bond donors (Lipinski definition) is 1. The summed E-state index contributed by atoms with van der Waals surface area (Å²) in [6.07, 6.45) is 6.75. The molecule has 24 heavy (non-hydrogen) atoms. The molecule has 1 N–H and O–H groups in total. The van der Waals surface area contributed by atoms with Crippen LogP contribution in [-0.4, -0.2) is 50.9 Å². The van der Waals surface area contributed by atoms with E-state index < -0.39 is 6.10 Å². The van der Waals surface area contributed by atoms with Gasteiger partial charge in [-0.1, -0.05) is 11.3 Å². The maximum atomic E-state index is 12.4. The summed E-state index contributed by atoms with van der Waals surface area (Å²) in [5.74, 6) is 0.296. The van der Waals surface area contributed by atoms with E-state index in [9.17, 15) is 4.79 Å². The van der Waals surface area contributed by atoms with Crippen LogP contribution < -0.4 is 10.2 Å². The molecular weight excluding hydrogens is 328 g/mol. The molecular formula is C15H18N6O2S. The molecule has 2 aromatic heterocycles. The second-order valence-electron chi connectivity index (χ2n) is 5.97. The topological polar surface area (TPSA) is 93.1 Å². The highest BCUT2D eigenvalue weighted by molar-refractivity contribution is 7.15. The number of aromatic nitrogens is 4. The zero-order valence-electron chi connectivity index (χ0n) is 13.3. The van der Waals surface area contributed by atoms with Gasteiger partial charge in [-0.15, -0.1) is 10.2 Å². The first-order chi connectivity index (χ1) is 11.7. The van der Waals surface area contributed by atoms with Gasteiger partial charge in [-0.3, -0.25) is 9.78 Å². The number of nitrogens with zero attached hydrogens (tertiary/aromatic N) is 5. The van der Waals surface area contributed by atoms with E-state index in [-0.39, 0.29) is 18.1 Å². The lowest BCUT2D eigenvalue weighted by Gasteiger charge is -2.35. The molecule has 2 aliphatic heterocycles. The molecule has 0 unspecified atom stereocenters. The molecule has 4 heterocycles. The molecule has 0 saturated carbocycles. The van der Waals surface area contributed by atoms with Crippen molar-refractivity contribution in [3.8, 4) is 0 Å². The second-order valence-corrected chi connectivity index (χ2v) is 7.13. The Bertz CT molecular complexity index is 724. The van der Waals surface area contributed by atoms with Gasteiger partial charge in [-0.2, -0.15) is 0 Å². The monoisotopic (exact) mass is 346 g/mol. The standard InChI is InChI=1S/C15H18N6O2S/c1-9-19-20-15(24-9)21-7-4-11-10(21)2-3-12(23-11)14(22)18-13-8-16-5-6-17-13/h5-6,8,10-12H,2-4,7H2,1H3,(H,17,18,22)/t10-,11-,12+/m0/s1. The number of carbonyl (C=O) groups is 1. The molecule has 0 aliphatic carbocycles. The molecule has 0 bridgehead atoms. The second kappa shape index (κ2) is 6.40. The van der Waals surface area contributed by atoms with Gasteiger partial charge < -0.3 is 15.0 Å². The van der Waals surface area contributed by atoms with Crippen LogP contribution in [-0.2, 0) is 9.53 Å². The van der Waals surface area contributed by atoms with E-state index in [4.69, 9.17) is 4.74 Å². The number of carbonyl (C=O) groups excluding carboxylic acids is 1. The summed E-state index contributed by atoms with van der Waals surface area (Å²) in [6.45, 7) is 2.85. The largest absolute Gasteiger partial charge is 0.363 e. The molecule has 0 spiro atoms. The quantitative estimate of drug-likeness (QED) is 0.898. The SMILES string of the molecule is Cc1nnc(N2CC[C@@H]3O[C@@H](C(=O)Nc4cnccn4)CC[C@@H]32)s1. The first-order valence-corrected chi connectivity index (χ1v) is 8.81. The van der Waals surface area contributed by atoms with Crippen LogP contribution in [0, 0.1) is 6.92 Å². The van der Waals surface area contributed by atoms with Gasteiger partial charge in [0.25, 0.3) is 5.91 Å². The Hall–Kier alpha value is -2.13. The average molecular weight is 346 g/mol. The third kappa shape index (κ3) is 2.96. The van der Waals surface area contributed by atoms with Gasteiger partial charge in [0.2, 0.25) is 5.13 Å². The molecule has 0 radical (unpaired) electrons. The Morgan fingerprint density at radius 1 is 1.33 bits per heavy atom. The lowest BCUT2D eigenvalue weighted by molar-refractivity contribution is -0.136. The predicted octanol–water partition coefficient (Wildman–Crippen LogP) is 1.40. The zero-order chi connectivity index (χ0) is 16.5. The highest BCUT2D eigenvalue weighted by Gasteiger charge is 2.42. The third-order valence-corrected chi connectivity index (χ3v) is 5.29. The van der Waals surface area contributed by atoms with Crippen molar-refractivity contribution in [2.24, 2.45) is 0 Å². The van der Waals surface area contributed by atoms with Gasteiger partial charge >= 0.3 is 0 Å². The molecule has 2 aromatic rings. The fraction of sp³-hybridized carbons (Fsp3) is 0.533. The molecule has 126 valence electrons. The van der Waals surface area contributed by atoms with Crippen LogP contribution in [0.1, 0.15) is 24.3 Å². The third-order valence-electron chi connectivity index (χ3n) is 4.42. The first kappa shape index (κ1) is 15.4. The number of nitrogens with one attached hydrogen (secondary N) is 1. The van der Waals surface area contributed by atoms with Crippen molar-refractivity contribution in [1.82, 2.24) is 20.2 Å². The van der Waals surface area contributed by atoms with Crippen molar-refractivity contribution >= 4 is 28.2 Å². The maximum absolute atomic E-state index is 12.4. The first-order valence-electron chi connectivity index (χ1n) is 8.00. The summed E-state index contributed by atoms with van der Waals surface area (Å²) in [5.41, 5.74) is 0. The Labute approximate surface area is 143 Å². The molecule has 8 nitrogen and oxygen atoms in total. The fourth-order valence-electron chi connectivity index (χ4n) is 3.33. The van der Waals surface area contributed by atoms with E-state index >= 15 is 0 Å². The molecule has 2 saturated heterocycles. The minimum Gasteiger partial charge on any atom is -0.363 e. The smallest absolute Gasteiger partial charge is 0.254 e. The van der Waals surface area contributed by atoms with Crippen LogP contribution in [0.5, 0.6) is 0 Å². The fourth-order valence-corrected chi connectivity index (χ4v) is 4.10. The lowest BCUT2D eigenvalue weighted by atomic mass is 9.99. The van der Waals surface area contributed by atoms with Gasteiger partial charge in [0, 0.05) is 18.9 Å². The summed E-state index contributed by atoms with van der Waals surface area (Å²) in [6, 6.07) is 0.276. The molecule has 3 atom stereocenters. The van der Waals surface area contributed by atoms with E-state index in [1.807, 2.05) is 6.92 Å². The summed E-state index contributed by atoms with van der Waals surface area (Å²) in [4.78, 5) is 22.7. The molecule has 2 fully saturated rings. The van der Waals surface area contributed by atoms with Gasteiger partial charge in [0.1, 0.15) is 11.1 Å². The Balaban J connectivity index is 1.39. The molecule has 1 amide bonds. The lowest BCUT2D eigenvalue weighted by Crippen LogP contribution is -2.46. The average Bonchev–Trinajstić information content (AvgIpc) is 3.21. The van der Waals surface area contributed by atoms with Gasteiger partial charge in [-0.25, -0.2) is 4.98 Å². The van der Waals surface area contributed by atoms with Crippen LogP contribution in [0.4, 0.5) is 10.9 Å². The van der Waals surface area contributed by atoms with Gasteiger partial charge in [-0.05, 0) is 26.2 Å². The van der Waals surface area contributed by atoms with Crippen molar-refractivity contribution in [2.75, 3.05) is 16.8 Å². The number of amides is 1. The highest BCUT2D eigenvalue weighted by Crippen LogP contribution is 2.36. The van der Waals surface area contributed by atoms with E-state index in [0.717, 1.165) is 29.5 Å². The highest BCUT2D eigenvalue weighted by atomic mass is 32.1. The molecule has 4 rings (SSSR count). The Kier molecular flexibility index (Phi) is 4.11. The summed E-state index contributed by atoms with van der Waals surface area (Å²) < 4.78 is 6.06. The number of anilines is 2. The number of rotatable bonds is 3. The summed E-state index contributed by atoms with van der Waals surface area (Å²) in [7, 11) is 0. The van der Waals surface area contributed by atoms with Crippen LogP contribution in [0.25, 0.3) is 0 Å². The normalized spacial score (nSPS) is 26.2. The molecule has 2 aliphatic rings. The van der Waals surface area contributed by atoms with Crippen LogP contribution in [0.3, 0.4) is 0 Å². The number of aryl methyl sites for hydroxylation is 1. The van der Waals surface area contributed by atoms with Crippen molar-refractivity contribution in [3.63, 3.8) is 0 Å². The predicted molar refractivity (Wildman–Crippen MR) is 89.0 cm³/mol.